The third-order valence-electron chi connectivity index (χ3n) is 5.51. The van der Waals surface area contributed by atoms with Crippen molar-refractivity contribution in [2.75, 3.05) is 27.2 Å². The molecule has 2 aromatic carbocycles. The van der Waals surface area contributed by atoms with Crippen molar-refractivity contribution in [3.05, 3.63) is 53.7 Å². The maximum atomic E-state index is 14.3. The number of amides is 1. The van der Waals surface area contributed by atoms with Gasteiger partial charge in [0.1, 0.15) is 11.6 Å². The van der Waals surface area contributed by atoms with E-state index in [-0.39, 0.29) is 23.7 Å². The quantitative estimate of drug-likeness (QED) is 0.461. The Morgan fingerprint density at radius 2 is 1.97 bits per heavy atom. The highest BCUT2D eigenvalue weighted by atomic mass is 19.1. The van der Waals surface area contributed by atoms with Crippen LogP contribution in [-0.4, -0.2) is 58.5 Å². The lowest BCUT2D eigenvalue weighted by Crippen LogP contribution is -2.50. The molecular weight excluding hydrogens is 442 g/mol. The number of benzene rings is 2. The molecule has 0 bridgehead atoms. The molecule has 0 aliphatic heterocycles. The predicted octanol–water partition coefficient (Wildman–Crippen LogP) is 4.20. The zero-order chi connectivity index (χ0) is 25.0. The van der Waals surface area contributed by atoms with E-state index in [9.17, 15) is 18.7 Å². The second-order valence-corrected chi connectivity index (χ2v) is 9.53. The van der Waals surface area contributed by atoms with E-state index in [2.05, 4.69) is 24.3 Å². The summed E-state index contributed by atoms with van der Waals surface area (Å²) in [6, 6.07) is 6.25. The fourth-order valence-electron chi connectivity index (χ4n) is 3.53. The van der Waals surface area contributed by atoms with E-state index in [0.717, 1.165) is 17.6 Å². The Morgan fingerprint density at radius 1 is 1.24 bits per heavy atom. The van der Waals surface area contributed by atoms with Gasteiger partial charge < -0.3 is 20.1 Å². The fourth-order valence-corrected chi connectivity index (χ4v) is 3.53. The van der Waals surface area contributed by atoms with Crippen molar-refractivity contribution < 1.29 is 23.4 Å². The van der Waals surface area contributed by atoms with Gasteiger partial charge in [-0.05, 0) is 64.2 Å². The van der Waals surface area contributed by atoms with Crippen molar-refractivity contribution in [3.8, 4) is 11.5 Å². The van der Waals surface area contributed by atoms with Crippen LogP contribution in [-0.2, 0) is 6.54 Å². The van der Waals surface area contributed by atoms with Crippen molar-refractivity contribution in [2.24, 2.45) is 5.92 Å². The Kier molecular flexibility index (Phi) is 7.89. The van der Waals surface area contributed by atoms with Gasteiger partial charge in [-0.3, -0.25) is 9.48 Å². The van der Waals surface area contributed by atoms with Gasteiger partial charge in [-0.25, -0.2) is 8.78 Å². The summed E-state index contributed by atoms with van der Waals surface area (Å²) in [6.07, 6.45) is 2.17. The molecule has 9 heteroatoms. The molecule has 0 spiro atoms. The number of hydrogen-bond donors (Lipinski definition) is 2. The van der Waals surface area contributed by atoms with Crippen molar-refractivity contribution >= 4 is 16.8 Å². The van der Waals surface area contributed by atoms with E-state index in [1.54, 1.807) is 29.9 Å². The van der Waals surface area contributed by atoms with Crippen LogP contribution in [0.5, 0.6) is 11.5 Å². The lowest BCUT2D eigenvalue weighted by atomic mass is 9.97. The SMILES string of the molecule is CC(C)Cn1ncc2cc(Oc3ccc(F)cc3F)c(C(=O)N[C@](C)(CO)CCN(C)C)cc21. The number of hydrogen-bond acceptors (Lipinski definition) is 5. The summed E-state index contributed by atoms with van der Waals surface area (Å²) in [5, 5.41) is 18.0. The van der Waals surface area contributed by atoms with Gasteiger partial charge in [-0.2, -0.15) is 5.10 Å². The molecule has 184 valence electrons. The smallest absolute Gasteiger partial charge is 0.255 e. The lowest BCUT2D eigenvalue weighted by molar-refractivity contribution is 0.0829. The van der Waals surface area contributed by atoms with Gasteiger partial charge in [0, 0.05) is 18.0 Å². The first kappa shape index (κ1) is 25.6. The summed E-state index contributed by atoms with van der Waals surface area (Å²) >= 11 is 0. The number of nitrogens with one attached hydrogen (secondary N) is 1. The van der Waals surface area contributed by atoms with Crippen LogP contribution in [0, 0.1) is 17.6 Å². The maximum Gasteiger partial charge on any atom is 0.255 e. The van der Waals surface area contributed by atoms with Crippen molar-refractivity contribution in [1.82, 2.24) is 20.0 Å². The lowest BCUT2D eigenvalue weighted by Gasteiger charge is -2.30. The number of ether oxygens (including phenoxy) is 1. The normalized spacial score (nSPS) is 13.5. The standard InChI is InChI=1S/C25H32F2N4O3/c1-16(2)14-31-21-12-19(24(33)29-25(3,15-32)8-9-30(4)5)23(10-17(21)13-28-31)34-22-7-6-18(26)11-20(22)27/h6-7,10-13,16,32H,8-9,14-15H2,1-5H3,(H,29,33)/t25-/m0/s1. The Hall–Kier alpha value is -3.04. The van der Waals surface area contributed by atoms with E-state index >= 15 is 0 Å². The minimum absolute atomic E-state index is 0.104. The second-order valence-electron chi connectivity index (χ2n) is 9.53. The number of aromatic nitrogens is 2. The minimum atomic E-state index is -0.882. The topological polar surface area (TPSA) is 79.6 Å². The summed E-state index contributed by atoms with van der Waals surface area (Å²) < 4.78 is 35.2. The van der Waals surface area contributed by atoms with Crippen LogP contribution in [0.25, 0.3) is 10.9 Å². The molecule has 7 nitrogen and oxygen atoms in total. The Bertz CT molecular complexity index is 1160. The summed E-state index contributed by atoms with van der Waals surface area (Å²) in [4.78, 5) is 15.4. The molecule has 34 heavy (non-hydrogen) atoms. The molecule has 0 saturated heterocycles. The molecule has 2 N–H and O–H groups in total. The molecule has 0 fully saturated rings. The van der Waals surface area contributed by atoms with E-state index < -0.39 is 23.1 Å². The first-order valence-corrected chi connectivity index (χ1v) is 11.2. The van der Waals surface area contributed by atoms with Gasteiger partial charge in [0.15, 0.2) is 11.6 Å². The van der Waals surface area contributed by atoms with Crippen LogP contribution in [0.4, 0.5) is 8.78 Å². The van der Waals surface area contributed by atoms with Crippen LogP contribution in [0.2, 0.25) is 0 Å². The first-order valence-electron chi connectivity index (χ1n) is 11.2. The third kappa shape index (κ3) is 6.09. The Balaban J connectivity index is 2.04. The Morgan fingerprint density at radius 3 is 2.59 bits per heavy atom. The highest BCUT2D eigenvalue weighted by molar-refractivity contribution is 6.01. The molecule has 0 unspecified atom stereocenters. The number of aliphatic hydroxyl groups is 1. The number of fused-ring (bicyclic) bond motifs is 1. The maximum absolute atomic E-state index is 14.3. The first-order chi connectivity index (χ1) is 16.0. The van der Waals surface area contributed by atoms with Crippen molar-refractivity contribution in [3.63, 3.8) is 0 Å². The van der Waals surface area contributed by atoms with Crippen molar-refractivity contribution in [2.45, 2.75) is 39.3 Å². The highest BCUT2D eigenvalue weighted by Gasteiger charge is 2.28. The molecule has 0 aliphatic rings. The van der Waals surface area contributed by atoms with E-state index in [0.29, 0.717) is 30.8 Å². The van der Waals surface area contributed by atoms with Gasteiger partial charge in [0.25, 0.3) is 5.91 Å². The van der Waals surface area contributed by atoms with Crippen LogP contribution >= 0.6 is 0 Å². The Labute approximate surface area is 198 Å². The average Bonchev–Trinajstić information content (AvgIpc) is 3.14. The van der Waals surface area contributed by atoms with E-state index in [1.807, 2.05) is 19.0 Å². The monoisotopic (exact) mass is 474 g/mol. The molecule has 0 aliphatic carbocycles. The number of halogens is 2. The van der Waals surface area contributed by atoms with Crippen LogP contribution in [0.3, 0.4) is 0 Å². The summed E-state index contributed by atoms with van der Waals surface area (Å²) in [7, 11) is 3.82. The molecule has 3 rings (SSSR count). The van der Waals surface area contributed by atoms with Crippen LogP contribution in [0.1, 0.15) is 37.6 Å². The van der Waals surface area contributed by atoms with Crippen LogP contribution in [0.15, 0.2) is 36.5 Å². The van der Waals surface area contributed by atoms with Gasteiger partial charge in [0.05, 0.1) is 29.4 Å². The van der Waals surface area contributed by atoms with Crippen LogP contribution < -0.4 is 10.1 Å². The van der Waals surface area contributed by atoms with Crippen molar-refractivity contribution in [1.29, 1.82) is 0 Å². The van der Waals surface area contributed by atoms with Gasteiger partial charge in [-0.15, -0.1) is 0 Å². The second kappa shape index (κ2) is 10.5. The van der Waals surface area contributed by atoms with Gasteiger partial charge >= 0.3 is 0 Å². The summed E-state index contributed by atoms with van der Waals surface area (Å²) in [5.41, 5.74) is 0.00315. The van der Waals surface area contributed by atoms with Gasteiger partial charge in [0.2, 0.25) is 0 Å². The number of nitrogens with zero attached hydrogens (tertiary/aromatic N) is 3. The zero-order valence-corrected chi connectivity index (χ0v) is 20.2. The van der Waals surface area contributed by atoms with E-state index in [4.69, 9.17) is 4.74 Å². The number of aliphatic hydroxyl groups excluding tert-OH is 1. The molecule has 0 saturated carbocycles. The average molecular weight is 475 g/mol. The summed E-state index contributed by atoms with van der Waals surface area (Å²) in [5.74, 6) is -1.87. The zero-order valence-electron chi connectivity index (χ0n) is 20.2. The molecule has 1 aromatic heterocycles. The molecule has 1 amide bonds. The highest BCUT2D eigenvalue weighted by Crippen LogP contribution is 2.32. The molecule has 1 heterocycles. The van der Waals surface area contributed by atoms with Gasteiger partial charge in [-0.1, -0.05) is 13.8 Å². The van der Waals surface area contributed by atoms with E-state index in [1.165, 1.54) is 6.07 Å². The number of rotatable bonds is 10. The molecular formula is C25H32F2N4O3. The molecule has 3 aromatic rings. The largest absolute Gasteiger partial charge is 0.453 e. The molecule has 0 radical (unpaired) electrons. The summed E-state index contributed by atoms with van der Waals surface area (Å²) in [6.45, 7) is 6.93. The fraction of sp³-hybridized carbons (Fsp3) is 0.440. The third-order valence-corrected chi connectivity index (χ3v) is 5.51. The number of carbonyl (C=O) groups excluding carboxylic acids is 1. The minimum Gasteiger partial charge on any atom is -0.453 e. The predicted molar refractivity (Wildman–Crippen MR) is 127 cm³/mol. The molecule has 1 atom stereocenters. The number of carbonyl (C=O) groups is 1.